The number of benzene rings is 2. The first-order valence-corrected chi connectivity index (χ1v) is 9.26. The standard InChI is InChI=1S/C18H13ClFN5OS/c19-13-6-4-11(5-7-13)15-9-22-16(26-15)10-27-18-24-23-17(25(18)21)12-2-1-3-14(20)8-12/h1-9H,10,21H2. The maximum absolute atomic E-state index is 13.4. The molecule has 0 spiro atoms. The molecule has 0 saturated heterocycles. The molecule has 4 aromatic rings. The summed E-state index contributed by atoms with van der Waals surface area (Å²) in [6, 6.07) is 13.3. The summed E-state index contributed by atoms with van der Waals surface area (Å²) in [6.07, 6.45) is 1.66. The van der Waals surface area contributed by atoms with E-state index in [-0.39, 0.29) is 5.82 Å². The maximum atomic E-state index is 13.4. The number of thioether (sulfide) groups is 1. The van der Waals surface area contributed by atoms with Crippen LogP contribution < -0.4 is 5.84 Å². The third kappa shape index (κ3) is 3.81. The van der Waals surface area contributed by atoms with E-state index in [0.717, 1.165) is 5.56 Å². The number of aromatic nitrogens is 4. The van der Waals surface area contributed by atoms with E-state index in [1.807, 2.05) is 12.1 Å². The number of rotatable bonds is 5. The zero-order valence-corrected chi connectivity index (χ0v) is 15.4. The first-order valence-electron chi connectivity index (χ1n) is 7.90. The molecule has 0 amide bonds. The lowest BCUT2D eigenvalue weighted by Gasteiger charge is -2.03. The molecule has 0 aliphatic heterocycles. The van der Waals surface area contributed by atoms with Crippen LogP contribution in [0.1, 0.15) is 5.89 Å². The van der Waals surface area contributed by atoms with Crippen LogP contribution in [0.3, 0.4) is 0 Å². The van der Waals surface area contributed by atoms with Crippen molar-refractivity contribution in [3.05, 3.63) is 71.5 Å². The topological polar surface area (TPSA) is 82.8 Å². The quantitative estimate of drug-likeness (QED) is 0.394. The molecule has 2 heterocycles. The summed E-state index contributed by atoms with van der Waals surface area (Å²) in [7, 11) is 0. The lowest BCUT2D eigenvalue weighted by atomic mass is 10.2. The summed E-state index contributed by atoms with van der Waals surface area (Å²) in [6.45, 7) is 0. The number of hydrogen-bond donors (Lipinski definition) is 1. The second-order valence-corrected chi connectivity index (χ2v) is 6.98. The van der Waals surface area contributed by atoms with Gasteiger partial charge in [-0.3, -0.25) is 0 Å². The van der Waals surface area contributed by atoms with Crippen LogP contribution in [0.15, 0.2) is 64.3 Å². The van der Waals surface area contributed by atoms with E-state index in [2.05, 4.69) is 15.2 Å². The average Bonchev–Trinajstić information content (AvgIpc) is 3.27. The molecule has 2 aromatic carbocycles. The highest BCUT2D eigenvalue weighted by molar-refractivity contribution is 7.98. The van der Waals surface area contributed by atoms with Gasteiger partial charge >= 0.3 is 0 Å². The molecule has 2 aromatic heterocycles. The van der Waals surface area contributed by atoms with Gasteiger partial charge in [0.05, 0.1) is 11.9 Å². The van der Waals surface area contributed by atoms with E-state index in [1.54, 1.807) is 30.5 Å². The molecule has 0 aliphatic carbocycles. The molecule has 0 atom stereocenters. The summed E-state index contributed by atoms with van der Waals surface area (Å²) in [5.74, 6) is 7.66. The molecule has 27 heavy (non-hydrogen) atoms. The van der Waals surface area contributed by atoms with Crippen molar-refractivity contribution in [1.82, 2.24) is 19.9 Å². The Hall–Kier alpha value is -2.84. The highest BCUT2D eigenvalue weighted by atomic mass is 35.5. The van der Waals surface area contributed by atoms with Gasteiger partial charge in [-0.25, -0.2) is 14.1 Å². The molecule has 0 aliphatic rings. The van der Waals surface area contributed by atoms with Crippen LogP contribution in [-0.2, 0) is 5.75 Å². The van der Waals surface area contributed by atoms with E-state index in [9.17, 15) is 4.39 Å². The van der Waals surface area contributed by atoms with Crippen molar-refractivity contribution >= 4 is 23.4 Å². The minimum absolute atomic E-state index is 0.362. The Kier molecular flexibility index (Phi) is 4.83. The van der Waals surface area contributed by atoms with Gasteiger partial charge < -0.3 is 10.3 Å². The third-order valence-electron chi connectivity index (χ3n) is 3.75. The fourth-order valence-electron chi connectivity index (χ4n) is 2.45. The molecule has 136 valence electrons. The van der Waals surface area contributed by atoms with Crippen molar-refractivity contribution in [2.75, 3.05) is 5.84 Å². The molecular formula is C18H13ClFN5OS. The van der Waals surface area contributed by atoms with Gasteiger partial charge in [0.15, 0.2) is 11.6 Å². The van der Waals surface area contributed by atoms with Crippen molar-refractivity contribution in [2.45, 2.75) is 10.9 Å². The summed E-state index contributed by atoms with van der Waals surface area (Å²) < 4.78 is 20.5. The molecule has 9 heteroatoms. The second kappa shape index (κ2) is 7.42. The number of nitrogens with zero attached hydrogens (tertiary/aromatic N) is 4. The Balaban J connectivity index is 1.47. The van der Waals surface area contributed by atoms with Crippen molar-refractivity contribution in [2.24, 2.45) is 0 Å². The number of halogens is 2. The smallest absolute Gasteiger partial charge is 0.210 e. The van der Waals surface area contributed by atoms with Crippen molar-refractivity contribution in [3.63, 3.8) is 0 Å². The molecule has 0 bridgehead atoms. The lowest BCUT2D eigenvalue weighted by Crippen LogP contribution is -2.11. The molecule has 0 saturated carbocycles. The summed E-state index contributed by atoms with van der Waals surface area (Å²) in [5, 5.41) is 9.22. The zero-order valence-electron chi connectivity index (χ0n) is 13.8. The summed E-state index contributed by atoms with van der Waals surface area (Å²) in [5.41, 5.74) is 1.44. The Morgan fingerprint density at radius 2 is 1.93 bits per heavy atom. The van der Waals surface area contributed by atoms with E-state index >= 15 is 0 Å². The van der Waals surface area contributed by atoms with Crippen LogP contribution in [0.4, 0.5) is 4.39 Å². The molecule has 0 unspecified atom stereocenters. The predicted octanol–water partition coefficient (Wildman–Crippen LogP) is 4.40. The minimum Gasteiger partial charge on any atom is -0.440 e. The molecule has 6 nitrogen and oxygen atoms in total. The number of nitrogen functional groups attached to an aromatic ring is 1. The second-order valence-electron chi connectivity index (χ2n) is 5.60. The largest absolute Gasteiger partial charge is 0.440 e. The fourth-order valence-corrected chi connectivity index (χ4v) is 3.29. The highest BCUT2D eigenvalue weighted by Gasteiger charge is 2.14. The van der Waals surface area contributed by atoms with Crippen LogP contribution in [0.2, 0.25) is 5.02 Å². The van der Waals surface area contributed by atoms with Crippen LogP contribution in [0, 0.1) is 5.82 Å². The SMILES string of the molecule is Nn1c(SCc2ncc(-c3ccc(Cl)cc3)o2)nnc1-c1cccc(F)c1. The maximum Gasteiger partial charge on any atom is 0.210 e. The van der Waals surface area contributed by atoms with Gasteiger partial charge in [0.1, 0.15) is 5.82 Å². The fraction of sp³-hybridized carbons (Fsp3) is 0.0556. The van der Waals surface area contributed by atoms with Gasteiger partial charge in [-0.15, -0.1) is 10.2 Å². The monoisotopic (exact) mass is 401 g/mol. The van der Waals surface area contributed by atoms with Crippen LogP contribution in [-0.4, -0.2) is 19.9 Å². The average molecular weight is 402 g/mol. The van der Waals surface area contributed by atoms with Gasteiger partial charge in [0.2, 0.25) is 11.0 Å². The van der Waals surface area contributed by atoms with E-state index in [4.69, 9.17) is 21.9 Å². The van der Waals surface area contributed by atoms with Gasteiger partial charge in [-0.05, 0) is 36.4 Å². The number of oxazole rings is 1. The first-order chi connectivity index (χ1) is 13.1. The van der Waals surface area contributed by atoms with E-state index in [1.165, 1.54) is 28.6 Å². The molecule has 0 fully saturated rings. The molecular weight excluding hydrogens is 389 g/mol. The first kappa shape index (κ1) is 17.6. The van der Waals surface area contributed by atoms with Crippen LogP contribution >= 0.6 is 23.4 Å². The van der Waals surface area contributed by atoms with Gasteiger partial charge in [0, 0.05) is 16.1 Å². The third-order valence-corrected chi connectivity index (χ3v) is 4.93. The van der Waals surface area contributed by atoms with Crippen molar-refractivity contribution in [3.8, 4) is 22.7 Å². The molecule has 2 N–H and O–H groups in total. The van der Waals surface area contributed by atoms with Gasteiger partial charge in [-0.2, -0.15) is 0 Å². The summed E-state index contributed by atoms with van der Waals surface area (Å²) >= 11 is 7.22. The Bertz CT molecular complexity index is 1080. The number of hydrogen-bond acceptors (Lipinski definition) is 6. The van der Waals surface area contributed by atoms with Crippen LogP contribution in [0.25, 0.3) is 22.7 Å². The Morgan fingerprint density at radius 1 is 1.11 bits per heavy atom. The summed E-state index contributed by atoms with van der Waals surface area (Å²) in [4.78, 5) is 4.27. The highest BCUT2D eigenvalue weighted by Crippen LogP contribution is 2.27. The number of nitrogens with two attached hydrogens (primary N) is 1. The Morgan fingerprint density at radius 3 is 2.70 bits per heavy atom. The lowest BCUT2D eigenvalue weighted by molar-refractivity contribution is 0.529. The minimum atomic E-state index is -0.362. The Labute approximate surface area is 163 Å². The van der Waals surface area contributed by atoms with Crippen LogP contribution in [0.5, 0.6) is 0 Å². The van der Waals surface area contributed by atoms with Gasteiger partial charge in [0.25, 0.3) is 0 Å². The van der Waals surface area contributed by atoms with Crippen molar-refractivity contribution < 1.29 is 8.81 Å². The van der Waals surface area contributed by atoms with E-state index in [0.29, 0.717) is 39.0 Å². The molecule has 0 radical (unpaired) electrons. The predicted molar refractivity (Wildman–Crippen MR) is 102 cm³/mol. The van der Waals surface area contributed by atoms with Gasteiger partial charge in [-0.1, -0.05) is 35.5 Å². The normalized spacial score (nSPS) is 11.0. The zero-order chi connectivity index (χ0) is 18.8. The molecule has 4 rings (SSSR count). The van der Waals surface area contributed by atoms with Crippen molar-refractivity contribution in [1.29, 1.82) is 0 Å². The van der Waals surface area contributed by atoms with E-state index < -0.39 is 0 Å².